The van der Waals surface area contributed by atoms with Gasteiger partial charge in [0.2, 0.25) is 5.76 Å². The summed E-state index contributed by atoms with van der Waals surface area (Å²) in [6, 6.07) is 5.37. The smallest absolute Gasteiger partial charge is 0.203 e. The molecule has 1 atom stereocenters. The van der Waals surface area contributed by atoms with E-state index < -0.39 is 5.60 Å². The second kappa shape index (κ2) is 4.91. The van der Waals surface area contributed by atoms with Crippen molar-refractivity contribution in [3.8, 4) is 6.07 Å². The standard InChI is InChI=1S/C11H14N2O2S/c12-5-9-1-2-10(15-9)6-13-7-11(14)3-4-16-8-11/h1-2,13-14H,3-4,6-8H2. The Morgan fingerprint density at radius 1 is 1.62 bits per heavy atom. The molecule has 5 heteroatoms. The van der Waals surface area contributed by atoms with Crippen LogP contribution in [-0.4, -0.2) is 28.8 Å². The molecule has 1 aliphatic rings. The van der Waals surface area contributed by atoms with Gasteiger partial charge in [0.1, 0.15) is 11.8 Å². The van der Waals surface area contributed by atoms with Gasteiger partial charge in [0.15, 0.2) is 0 Å². The first-order valence-corrected chi connectivity index (χ1v) is 6.37. The number of nitriles is 1. The molecule has 0 aromatic carbocycles. The Morgan fingerprint density at radius 2 is 2.50 bits per heavy atom. The number of thioether (sulfide) groups is 1. The van der Waals surface area contributed by atoms with Crippen molar-refractivity contribution in [3.05, 3.63) is 23.7 Å². The average molecular weight is 238 g/mol. The zero-order valence-corrected chi connectivity index (χ0v) is 9.72. The van der Waals surface area contributed by atoms with Gasteiger partial charge in [-0.05, 0) is 24.3 Å². The average Bonchev–Trinajstić information content (AvgIpc) is 2.88. The van der Waals surface area contributed by atoms with Gasteiger partial charge in [0.05, 0.1) is 12.1 Å². The van der Waals surface area contributed by atoms with Crippen LogP contribution in [0.4, 0.5) is 0 Å². The summed E-state index contributed by atoms with van der Waals surface area (Å²) in [4.78, 5) is 0. The van der Waals surface area contributed by atoms with E-state index in [1.165, 1.54) is 0 Å². The van der Waals surface area contributed by atoms with Crippen molar-refractivity contribution >= 4 is 11.8 Å². The molecule has 2 N–H and O–H groups in total. The van der Waals surface area contributed by atoms with E-state index in [1.807, 2.05) is 6.07 Å². The normalized spacial score (nSPS) is 24.5. The van der Waals surface area contributed by atoms with Gasteiger partial charge in [-0.3, -0.25) is 0 Å². The lowest BCUT2D eigenvalue weighted by Crippen LogP contribution is -2.40. The minimum Gasteiger partial charge on any atom is -0.449 e. The molecule has 1 aliphatic heterocycles. The lowest BCUT2D eigenvalue weighted by atomic mass is 10.0. The first-order valence-electron chi connectivity index (χ1n) is 5.21. The molecule has 1 fully saturated rings. The number of rotatable bonds is 4. The van der Waals surface area contributed by atoms with E-state index in [9.17, 15) is 5.11 Å². The molecule has 2 heterocycles. The molecule has 1 aromatic heterocycles. The number of nitrogens with zero attached hydrogens (tertiary/aromatic N) is 1. The number of furan rings is 1. The van der Waals surface area contributed by atoms with Gasteiger partial charge in [-0.15, -0.1) is 0 Å². The van der Waals surface area contributed by atoms with Gasteiger partial charge in [0, 0.05) is 12.3 Å². The number of hydrogen-bond acceptors (Lipinski definition) is 5. The van der Waals surface area contributed by atoms with Crippen LogP contribution in [0.25, 0.3) is 0 Å². The molecule has 0 amide bonds. The molecule has 0 spiro atoms. The van der Waals surface area contributed by atoms with Gasteiger partial charge < -0.3 is 14.8 Å². The summed E-state index contributed by atoms with van der Waals surface area (Å²) in [6.07, 6.45) is 0.840. The van der Waals surface area contributed by atoms with E-state index in [0.717, 1.165) is 23.7 Å². The summed E-state index contributed by atoms with van der Waals surface area (Å²) in [5.41, 5.74) is -0.574. The van der Waals surface area contributed by atoms with Crippen LogP contribution in [0.5, 0.6) is 0 Å². The molecular formula is C11H14N2O2S. The van der Waals surface area contributed by atoms with Crippen LogP contribution >= 0.6 is 11.8 Å². The van der Waals surface area contributed by atoms with Crippen LogP contribution < -0.4 is 5.32 Å². The lowest BCUT2D eigenvalue weighted by molar-refractivity contribution is 0.0670. The maximum atomic E-state index is 10.1. The SMILES string of the molecule is N#Cc1ccc(CNCC2(O)CCSC2)o1. The van der Waals surface area contributed by atoms with Gasteiger partial charge in [-0.25, -0.2) is 0 Å². The zero-order chi connectivity index (χ0) is 11.4. The molecule has 16 heavy (non-hydrogen) atoms. The topological polar surface area (TPSA) is 69.2 Å². The second-order valence-electron chi connectivity index (χ2n) is 4.01. The van der Waals surface area contributed by atoms with Gasteiger partial charge in [-0.2, -0.15) is 17.0 Å². The molecular weight excluding hydrogens is 224 g/mol. The monoisotopic (exact) mass is 238 g/mol. The fourth-order valence-corrected chi connectivity index (χ4v) is 2.98. The predicted molar refractivity (Wildman–Crippen MR) is 62.0 cm³/mol. The summed E-state index contributed by atoms with van der Waals surface area (Å²) < 4.78 is 5.22. The van der Waals surface area contributed by atoms with Crippen molar-refractivity contribution in [1.29, 1.82) is 5.26 Å². The third-order valence-electron chi connectivity index (χ3n) is 2.61. The molecule has 0 radical (unpaired) electrons. The third kappa shape index (κ3) is 2.79. The highest BCUT2D eigenvalue weighted by Gasteiger charge is 2.31. The van der Waals surface area contributed by atoms with E-state index in [4.69, 9.17) is 9.68 Å². The Balaban J connectivity index is 1.77. The second-order valence-corrected chi connectivity index (χ2v) is 5.11. The summed E-state index contributed by atoms with van der Waals surface area (Å²) in [5, 5.41) is 21.8. The Morgan fingerprint density at radius 3 is 3.12 bits per heavy atom. The fourth-order valence-electron chi connectivity index (χ4n) is 1.69. The van der Waals surface area contributed by atoms with Crippen LogP contribution in [0.15, 0.2) is 16.5 Å². The van der Waals surface area contributed by atoms with Crippen LogP contribution in [0.2, 0.25) is 0 Å². The van der Waals surface area contributed by atoms with Gasteiger partial charge in [-0.1, -0.05) is 0 Å². The summed E-state index contributed by atoms with van der Waals surface area (Å²) in [7, 11) is 0. The molecule has 0 bridgehead atoms. The summed E-state index contributed by atoms with van der Waals surface area (Å²) in [6.45, 7) is 1.12. The quantitative estimate of drug-likeness (QED) is 0.822. The molecule has 2 rings (SSSR count). The summed E-state index contributed by atoms with van der Waals surface area (Å²) >= 11 is 1.78. The highest BCUT2D eigenvalue weighted by Crippen LogP contribution is 2.27. The minimum absolute atomic E-state index is 0.326. The van der Waals surface area contributed by atoms with Crippen LogP contribution in [0.3, 0.4) is 0 Å². The molecule has 0 saturated carbocycles. The Labute approximate surface area is 98.6 Å². The highest BCUT2D eigenvalue weighted by atomic mass is 32.2. The van der Waals surface area contributed by atoms with E-state index >= 15 is 0 Å². The maximum Gasteiger partial charge on any atom is 0.203 e. The van der Waals surface area contributed by atoms with Crippen LogP contribution in [0, 0.1) is 11.3 Å². The lowest BCUT2D eigenvalue weighted by Gasteiger charge is -2.21. The maximum absolute atomic E-state index is 10.1. The highest BCUT2D eigenvalue weighted by molar-refractivity contribution is 7.99. The van der Waals surface area contributed by atoms with Crippen molar-refractivity contribution in [2.75, 3.05) is 18.1 Å². The van der Waals surface area contributed by atoms with Gasteiger partial charge in [0.25, 0.3) is 0 Å². The number of nitrogens with one attached hydrogen (secondary N) is 1. The van der Waals surface area contributed by atoms with Crippen LogP contribution in [-0.2, 0) is 6.54 Å². The first kappa shape index (κ1) is 11.5. The van der Waals surface area contributed by atoms with Crippen molar-refractivity contribution in [1.82, 2.24) is 5.32 Å². The Kier molecular flexibility index (Phi) is 3.54. The van der Waals surface area contributed by atoms with E-state index in [-0.39, 0.29) is 0 Å². The minimum atomic E-state index is -0.574. The zero-order valence-electron chi connectivity index (χ0n) is 8.90. The van der Waals surface area contributed by atoms with E-state index in [2.05, 4.69) is 5.32 Å². The third-order valence-corrected chi connectivity index (χ3v) is 3.84. The van der Waals surface area contributed by atoms with E-state index in [1.54, 1.807) is 23.9 Å². The number of hydrogen-bond donors (Lipinski definition) is 2. The molecule has 1 unspecified atom stereocenters. The van der Waals surface area contributed by atoms with Crippen LogP contribution in [0.1, 0.15) is 17.9 Å². The molecule has 1 saturated heterocycles. The van der Waals surface area contributed by atoms with Gasteiger partial charge >= 0.3 is 0 Å². The Bertz CT molecular complexity index is 391. The van der Waals surface area contributed by atoms with Crippen molar-refractivity contribution in [3.63, 3.8) is 0 Å². The predicted octanol–water partition coefficient (Wildman–Crippen LogP) is 1.11. The van der Waals surface area contributed by atoms with Crippen molar-refractivity contribution in [2.45, 2.75) is 18.6 Å². The fraction of sp³-hybridized carbons (Fsp3) is 0.545. The molecule has 0 aliphatic carbocycles. The van der Waals surface area contributed by atoms with E-state index in [0.29, 0.717) is 18.8 Å². The summed E-state index contributed by atoms with van der Waals surface area (Å²) in [5.74, 6) is 2.87. The largest absolute Gasteiger partial charge is 0.449 e. The first-order chi connectivity index (χ1) is 7.72. The number of aliphatic hydroxyl groups is 1. The Hall–Kier alpha value is -0.960. The van der Waals surface area contributed by atoms with Crippen molar-refractivity contribution in [2.24, 2.45) is 0 Å². The molecule has 1 aromatic rings. The molecule has 86 valence electrons. The van der Waals surface area contributed by atoms with Crippen molar-refractivity contribution < 1.29 is 9.52 Å². The molecule has 4 nitrogen and oxygen atoms in total.